The van der Waals surface area contributed by atoms with Crippen molar-refractivity contribution >= 4 is 29.0 Å². The van der Waals surface area contributed by atoms with Crippen LogP contribution in [0.5, 0.6) is 0 Å². The van der Waals surface area contributed by atoms with Gasteiger partial charge in [0.05, 0.1) is 12.1 Å². The number of carbonyl (C=O) groups is 2. The highest BCUT2D eigenvalue weighted by Gasteiger charge is 2.35. The molecule has 0 fully saturated rings. The predicted octanol–water partition coefficient (Wildman–Crippen LogP) is 4.06. The van der Waals surface area contributed by atoms with Crippen molar-refractivity contribution in [1.82, 2.24) is 0 Å². The van der Waals surface area contributed by atoms with E-state index >= 15 is 0 Å². The number of hydrogen-bond donors (Lipinski definition) is 1. The number of hydrogen-bond acceptors (Lipinski definition) is 4. The summed E-state index contributed by atoms with van der Waals surface area (Å²) in [5.74, 6) is -0.722. The molecule has 0 saturated heterocycles. The first-order chi connectivity index (χ1) is 11.5. The van der Waals surface area contributed by atoms with Crippen molar-refractivity contribution in [2.24, 2.45) is 0 Å². The molecule has 0 unspecified atom stereocenters. The normalized spacial score (nSPS) is 16.9. The van der Waals surface area contributed by atoms with Crippen molar-refractivity contribution in [2.75, 3.05) is 5.32 Å². The van der Waals surface area contributed by atoms with Gasteiger partial charge in [0.2, 0.25) is 0 Å². The summed E-state index contributed by atoms with van der Waals surface area (Å²) in [7, 11) is 0. The number of carbonyl (C=O) groups excluding carboxylic acids is 2. The Hall–Kier alpha value is -2.59. The molecule has 4 nitrogen and oxygen atoms in total. The van der Waals surface area contributed by atoms with Crippen molar-refractivity contribution in [1.29, 1.82) is 0 Å². The molecule has 0 amide bonds. The smallest absolute Gasteiger partial charge is 0.352 e. The zero-order valence-electron chi connectivity index (χ0n) is 13.1. The van der Waals surface area contributed by atoms with Crippen LogP contribution in [0, 0.1) is 6.92 Å². The van der Waals surface area contributed by atoms with Crippen LogP contribution in [-0.4, -0.2) is 17.9 Å². The Morgan fingerprint density at radius 2 is 1.79 bits per heavy atom. The van der Waals surface area contributed by atoms with E-state index < -0.39 is 12.1 Å². The number of Topliss-reactive ketones (excluding diaryl/α,β-unsaturated/α-hetero) is 1. The second-order valence-corrected chi connectivity index (χ2v) is 5.98. The second-order valence-electron chi connectivity index (χ2n) is 5.61. The number of aryl methyl sites for hydroxylation is 1. The number of rotatable bonds is 5. The van der Waals surface area contributed by atoms with Crippen LogP contribution in [0.25, 0.3) is 0 Å². The number of esters is 1. The highest BCUT2D eigenvalue weighted by molar-refractivity contribution is 6.42. The molecule has 1 atom stereocenters. The minimum absolute atomic E-state index is 0.0126. The summed E-state index contributed by atoms with van der Waals surface area (Å²) in [6, 6.07) is 16.5. The van der Waals surface area contributed by atoms with Gasteiger partial charge < -0.3 is 10.1 Å². The van der Waals surface area contributed by atoms with Gasteiger partial charge in [-0.25, -0.2) is 4.79 Å². The summed E-state index contributed by atoms with van der Waals surface area (Å²) in [6.45, 7) is 1.99. The summed E-state index contributed by atoms with van der Waals surface area (Å²) >= 11 is 6.07. The fraction of sp³-hybridized carbons (Fsp3) is 0.158. The number of halogens is 1. The third-order valence-corrected chi connectivity index (χ3v) is 4.14. The minimum atomic E-state index is -0.709. The number of ether oxygens (including phenoxy) is 1. The van der Waals surface area contributed by atoms with E-state index in [0.29, 0.717) is 11.3 Å². The van der Waals surface area contributed by atoms with Crippen LogP contribution in [0.15, 0.2) is 65.3 Å². The SMILES string of the molecule is Cc1ccc(NC2=C(Cl)C(=O)O[C@H]2CC(=O)c2ccccc2)cc1. The minimum Gasteiger partial charge on any atom is -0.451 e. The van der Waals surface area contributed by atoms with Crippen molar-refractivity contribution in [3.8, 4) is 0 Å². The Morgan fingerprint density at radius 1 is 1.12 bits per heavy atom. The van der Waals surface area contributed by atoms with Gasteiger partial charge >= 0.3 is 5.97 Å². The number of nitrogens with one attached hydrogen (secondary N) is 1. The van der Waals surface area contributed by atoms with Gasteiger partial charge in [0.25, 0.3) is 0 Å². The van der Waals surface area contributed by atoms with Crippen molar-refractivity contribution < 1.29 is 14.3 Å². The van der Waals surface area contributed by atoms with Crippen molar-refractivity contribution in [2.45, 2.75) is 19.4 Å². The van der Waals surface area contributed by atoms with Crippen LogP contribution < -0.4 is 5.32 Å². The fourth-order valence-electron chi connectivity index (χ4n) is 2.47. The predicted molar refractivity (Wildman–Crippen MR) is 93.0 cm³/mol. The van der Waals surface area contributed by atoms with Gasteiger partial charge in [-0.3, -0.25) is 4.79 Å². The molecule has 1 N–H and O–H groups in total. The molecule has 0 aliphatic carbocycles. The molecule has 5 heteroatoms. The first kappa shape index (κ1) is 16.3. The van der Waals surface area contributed by atoms with Gasteiger partial charge in [-0.05, 0) is 19.1 Å². The summed E-state index contributed by atoms with van der Waals surface area (Å²) < 4.78 is 5.25. The molecule has 0 saturated carbocycles. The van der Waals surface area contributed by atoms with Crippen LogP contribution in [0.2, 0.25) is 0 Å². The molecule has 24 heavy (non-hydrogen) atoms. The molecule has 2 aromatic rings. The van der Waals surface area contributed by atoms with E-state index in [9.17, 15) is 9.59 Å². The summed E-state index contributed by atoms with van der Waals surface area (Å²) in [4.78, 5) is 24.2. The van der Waals surface area contributed by atoms with E-state index in [2.05, 4.69) is 5.32 Å². The maximum Gasteiger partial charge on any atom is 0.352 e. The summed E-state index contributed by atoms with van der Waals surface area (Å²) in [6.07, 6.45) is -0.667. The van der Waals surface area contributed by atoms with Crippen LogP contribution >= 0.6 is 11.6 Å². The van der Waals surface area contributed by atoms with Gasteiger partial charge in [-0.2, -0.15) is 0 Å². The lowest BCUT2D eigenvalue weighted by molar-refractivity contribution is -0.138. The number of anilines is 1. The molecular formula is C19H16ClNO3. The van der Waals surface area contributed by atoms with Crippen LogP contribution in [0.4, 0.5) is 5.69 Å². The van der Waals surface area contributed by atoms with Gasteiger partial charge in [0.1, 0.15) is 5.03 Å². The average Bonchev–Trinajstić information content (AvgIpc) is 2.85. The standard InChI is InChI=1S/C19H16ClNO3/c1-12-7-9-14(10-8-12)21-18-16(24-19(23)17(18)20)11-15(22)13-5-3-2-4-6-13/h2-10,16,21H,11H2,1H3/t16-/m0/s1. The molecule has 1 heterocycles. The first-order valence-corrected chi connectivity index (χ1v) is 7.95. The lowest BCUT2D eigenvalue weighted by Gasteiger charge is -2.15. The van der Waals surface area contributed by atoms with Crippen molar-refractivity contribution in [3.05, 3.63) is 76.5 Å². The largest absolute Gasteiger partial charge is 0.451 e. The molecule has 1 aliphatic rings. The van der Waals surface area contributed by atoms with Crippen LogP contribution in [0.1, 0.15) is 22.3 Å². The molecule has 0 spiro atoms. The molecule has 1 aliphatic heterocycles. The maximum absolute atomic E-state index is 12.4. The molecule has 3 rings (SSSR count). The number of ketones is 1. The summed E-state index contributed by atoms with van der Waals surface area (Å²) in [5, 5.41) is 3.09. The van der Waals surface area contributed by atoms with E-state index in [1.54, 1.807) is 24.3 Å². The zero-order valence-corrected chi connectivity index (χ0v) is 13.8. The van der Waals surface area contributed by atoms with E-state index in [-0.39, 0.29) is 17.2 Å². The Morgan fingerprint density at radius 3 is 2.46 bits per heavy atom. The highest BCUT2D eigenvalue weighted by Crippen LogP contribution is 2.30. The molecule has 0 aromatic heterocycles. The van der Waals surface area contributed by atoms with Gasteiger partial charge in [-0.15, -0.1) is 0 Å². The molecule has 122 valence electrons. The zero-order chi connectivity index (χ0) is 17.1. The third-order valence-electron chi connectivity index (χ3n) is 3.78. The number of benzene rings is 2. The average molecular weight is 342 g/mol. The molecular weight excluding hydrogens is 326 g/mol. The summed E-state index contributed by atoms with van der Waals surface area (Å²) in [5.41, 5.74) is 2.90. The third kappa shape index (κ3) is 3.49. The Kier molecular flexibility index (Phi) is 4.67. The maximum atomic E-state index is 12.4. The van der Waals surface area contributed by atoms with E-state index in [4.69, 9.17) is 16.3 Å². The van der Waals surface area contributed by atoms with Gasteiger partial charge in [-0.1, -0.05) is 59.6 Å². The van der Waals surface area contributed by atoms with Crippen LogP contribution in [-0.2, 0) is 9.53 Å². The Balaban J connectivity index is 1.78. The fourth-order valence-corrected chi connectivity index (χ4v) is 2.69. The first-order valence-electron chi connectivity index (χ1n) is 7.57. The van der Waals surface area contributed by atoms with E-state index in [1.165, 1.54) is 0 Å². The highest BCUT2D eigenvalue weighted by atomic mass is 35.5. The lowest BCUT2D eigenvalue weighted by atomic mass is 10.0. The Labute approximate surface area is 145 Å². The molecule has 0 radical (unpaired) electrons. The second kappa shape index (κ2) is 6.89. The Bertz CT molecular complexity index is 797. The molecule has 0 bridgehead atoms. The monoisotopic (exact) mass is 341 g/mol. The lowest BCUT2D eigenvalue weighted by Crippen LogP contribution is -2.21. The topological polar surface area (TPSA) is 55.4 Å². The molecule has 2 aromatic carbocycles. The quantitative estimate of drug-likeness (QED) is 0.658. The van der Waals surface area contributed by atoms with Crippen molar-refractivity contribution in [3.63, 3.8) is 0 Å². The van der Waals surface area contributed by atoms with E-state index in [1.807, 2.05) is 37.3 Å². The van der Waals surface area contributed by atoms with Gasteiger partial charge in [0, 0.05) is 11.3 Å². The van der Waals surface area contributed by atoms with E-state index in [0.717, 1.165) is 11.3 Å². The number of cyclic esters (lactones) is 1. The van der Waals surface area contributed by atoms with Crippen LogP contribution in [0.3, 0.4) is 0 Å². The van der Waals surface area contributed by atoms with Gasteiger partial charge in [0.15, 0.2) is 11.9 Å².